The lowest BCUT2D eigenvalue weighted by atomic mass is 10.1. The third kappa shape index (κ3) is 2.76. The predicted molar refractivity (Wildman–Crippen MR) is 82.8 cm³/mol. The Morgan fingerprint density at radius 1 is 1.05 bits per heavy atom. The van der Waals surface area contributed by atoms with Gasteiger partial charge in [0.2, 0.25) is 5.76 Å². The Labute approximate surface area is 127 Å². The van der Waals surface area contributed by atoms with Gasteiger partial charge in [0.25, 0.3) is 0 Å². The van der Waals surface area contributed by atoms with Crippen LogP contribution in [0.3, 0.4) is 0 Å². The van der Waals surface area contributed by atoms with Crippen LogP contribution in [0.4, 0.5) is 0 Å². The van der Waals surface area contributed by atoms with Crippen molar-refractivity contribution < 1.29 is 13.9 Å². The molecule has 0 unspecified atom stereocenters. The molecule has 0 radical (unpaired) electrons. The molecule has 4 heteroatoms. The van der Waals surface area contributed by atoms with Gasteiger partial charge in [-0.15, -0.1) is 0 Å². The number of carbonyl (C=O) groups is 1. The predicted octanol–water partition coefficient (Wildman–Crippen LogP) is 3.71. The summed E-state index contributed by atoms with van der Waals surface area (Å²) >= 11 is 0. The van der Waals surface area contributed by atoms with Crippen LogP contribution in [-0.4, -0.2) is 5.97 Å². The molecule has 4 nitrogen and oxygen atoms in total. The lowest BCUT2D eigenvalue weighted by Crippen LogP contribution is -2.12. The lowest BCUT2D eigenvalue weighted by molar-refractivity contribution is 0.0302. The van der Waals surface area contributed by atoms with Gasteiger partial charge in [-0.3, -0.25) is 4.79 Å². The van der Waals surface area contributed by atoms with Crippen molar-refractivity contribution in [3.05, 3.63) is 82.2 Å². The summed E-state index contributed by atoms with van der Waals surface area (Å²) in [4.78, 5) is 24.2. The van der Waals surface area contributed by atoms with E-state index in [0.717, 1.165) is 5.56 Å². The third-order valence-corrected chi connectivity index (χ3v) is 3.39. The zero-order valence-electron chi connectivity index (χ0n) is 12.0. The van der Waals surface area contributed by atoms with Gasteiger partial charge in [0, 0.05) is 6.07 Å². The summed E-state index contributed by atoms with van der Waals surface area (Å²) in [5, 5.41) is 0.440. The highest BCUT2D eigenvalue weighted by atomic mass is 16.6. The van der Waals surface area contributed by atoms with E-state index in [-0.39, 0.29) is 11.2 Å². The SMILES string of the molecule is C[C@@H](OC(=O)c1cc(=O)c2ccccc2o1)c1ccccc1. The molecule has 0 aliphatic rings. The highest BCUT2D eigenvalue weighted by molar-refractivity contribution is 5.89. The first-order chi connectivity index (χ1) is 10.6. The van der Waals surface area contributed by atoms with Gasteiger partial charge >= 0.3 is 5.97 Å². The third-order valence-electron chi connectivity index (χ3n) is 3.39. The van der Waals surface area contributed by atoms with Crippen molar-refractivity contribution in [2.45, 2.75) is 13.0 Å². The molecule has 1 heterocycles. The molecular formula is C18H14O4. The molecule has 0 amide bonds. The van der Waals surface area contributed by atoms with Gasteiger partial charge < -0.3 is 9.15 Å². The second-order valence-corrected chi connectivity index (χ2v) is 4.93. The zero-order valence-corrected chi connectivity index (χ0v) is 12.0. The number of carbonyl (C=O) groups excluding carboxylic acids is 1. The van der Waals surface area contributed by atoms with Crippen LogP contribution in [0.15, 0.2) is 69.9 Å². The van der Waals surface area contributed by atoms with Crippen molar-refractivity contribution in [1.82, 2.24) is 0 Å². The topological polar surface area (TPSA) is 56.5 Å². The van der Waals surface area contributed by atoms with Crippen molar-refractivity contribution in [2.75, 3.05) is 0 Å². The van der Waals surface area contributed by atoms with E-state index in [4.69, 9.17) is 9.15 Å². The molecular weight excluding hydrogens is 280 g/mol. The van der Waals surface area contributed by atoms with E-state index in [1.165, 1.54) is 6.07 Å². The maximum Gasteiger partial charge on any atom is 0.374 e. The molecule has 0 spiro atoms. The van der Waals surface area contributed by atoms with Crippen molar-refractivity contribution >= 4 is 16.9 Å². The number of hydrogen-bond acceptors (Lipinski definition) is 4. The number of fused-ring (bicyclic) bond motifs is 1. The molecule has 110 valence electrons. The molecule has 2 aromatic carbocycles. The summed E-state index contributed by atoms with van der Waals surface area (Å²) in [6.07, 6.45) is -0.425. The molecule has 3 rings (SSSR count). The summed E-state index contributed by atoms with van der Waals surface area (Å²) < 4.78 is 10.8. The maximum atomic E-state index is 12.2. The first kappa shape index (κ1) is 14.1. The minimum Gasteiger partial charge on any atom is -0.452 e. The van der Waals surface area contributed by atoms with Gasteiger partial charge in [0.1, 0.15) is 11.7 Å². The Balaban J connectivity index is 1.88. The van der Waals surface area contributed by atoms with Gasteiger partial charge in [0.15, 0.2) is 5.43 Å². The molecule has 0 saturated carbocycles. The fourth-order valence-electron chi connectivity index (χ4n) is 2.22. The Morgan fingerprint density at radius 2 is 1.73 bits per heavy atom. The highest BCUT2D eigenvalue weighted by Gasteiger charge is 2.17. The van der Waals surface area contributed by atoms with Crippen LogP contribution in [0.2, 0.25) is 0 Å². The molecule has 0 aliphatic carbocycles. The minimum atomic E-state index is -0.654. The number of hydrogen-bond donors (Lipinski definition) is 0. The maximum absolute atomic E-state index is 12.2. The van der Waals surface area contributed by atoms with E-state index in [1.54, 1.807) is 31.2 Å². The van der Waals surface area contributed by atoms with Gasteiger partial charge in [-0.1, -0.05) is 42.5 Å². The fourth-order valence-corrected chi connectivity index (χ4v) is 2.22. The van der Waals surface area contributed by atoms with Crippen molar-refractivity contribution in [3.8, 4) is 0 Å². The van der Waals surface area contributed by atoms with Gasteiger partial charge in [-0.05, 0) is 24.6 Å². The standard InChI is InChI=1S/C18H14O4/c1-12(13-7-3-2-4-8-13)21-18(20)17-11-15(19)14-9-5-6-10-16(14)22-17/h2-12H,1H3/t12-/m1/s1. The lowest BCUT2D eigenvalue weighted by Gasteiger charge is -2.13. The number of rotatable bonds is 3. The number of ether oxygens (including phenoxy) is 1. The highest BCUT2D eigenvalue weighted by Crippen LogP contribution is 2.19. The van der Waals surface area contributed by atoms with E-state index in [0.29, 0.717) is 11.0 Å². The number of esters is 1. The zero-order chi connectivity index (χ0) is 15.5. The Bertz CT molecular complexity index is 865. The van der Waals surface area contributed by atoms with Gasteiger partial charge in [-0.2, -0.15) is 0 Å². The Kier molecular flexibility index (Phi) is 3.74. The van der Waals surface area contributed by atoms with E-state index < -0.39 is 12.1 Å². The smallest absolute Gasteiger partial charge is 0.374 e. The van der Waals surface area contributed by atoms with E-state index in [9.17, 15) is 9.59 Å². The van der Waals surface area contributed by atoms with Crippen LogP contribution in [0, 0.1) is 0 Å². The molecule has 0 saturated heterocycles. The average Bonchev–Trinajstić information content (AvgIpc) is 2.55. The molecule has 1 aromatic heterocycles. The molecule has 3 aromatic rings. The monoisotopic (exact) mass is 294 g/mol. The van der Waals surface area contributed by atoms with Crippen molar-refractivity contribution in [3.63, 3.8) is 0 Å². The van der Waals surface area contributed by atoms with E-state index in [2.05, 4.69) is 0 Å². The molecule has 1 atom stereocenters. The van der Waals surface area contributed by atoms with Crippen LogP contribution in [-0.2, 0) is 4.74 Å². The summed E-state index contributed by atoms with van der Waals surface area (Å²) in [5.41, 5.74) is 0.981. The molecule has 0 bridgehead atoms. The van der Waals surface area contributed by atoms with Crippen molar-refractivity contribution in [1.29, 1.82) is 0 Å². The molecule has 22 heavy (non-hydrogen) atoms. The average molecular weight is 294 g/mol. The Hall–Kier alpha value is -2.88. The second-order valence-electron chi connectivity index (χ2n) is 4.93. The van der Waals surface area contributed by atoms with Crippen LogP contribution < -0.4 is 5.43 Å². The summed E-state index contributed by atoms with van der Waals surface area (Å²) in [6.45, 7) is 1.77. The summed E-state index contributed by atoms with van der Waals surface area (Å²) in [5.74, 6) is -0.745. The van der Waals surface area contributed by atoms with Gasteiger partial charge in [0.05, 0.1) is 5.39 Å². The van der Waals surface area contributed by atoms with Gasteiger partial charge in [-0.25, -0.2) is 4.79 Å². The first-order valence-corrected chi connectivity index (χ1v) is 6.94. The summed E-state index contributed by atoms with van der Waals surface area (Å²) in [7, 11) is 0. The minimum absolute atomic E-state index is 0.0912. The number of benzene rings is 2. The molecule has 0 N–H and O–H groups in total. The van der Waals surface area contributed by atoms with E-state index in [1.807, 2.05) is 30.3 Å². The number of para-hydroxylation sites is 1. The summed E-state index contributed by atoms with van der Waals surface area (Å²) in [6, 6.07) is 17.3. The molecule has 0 aliphatic heterocycles. The largest absolute Gasteiger partial charge is 0.452 e. The van der Waals surface area contributed by atoms with Crippen LogP contribution in [0.25, 0.3) is 11.0 Å². The fraction of sp³-hybridized carbons (Fsp3) is 0.111. The molecule has 0 fully saturated rings. The quantitative estimate of drug-likeness (QED) is 0.691. The Morgan fingerprint density at radius 3 is 2.50 bits per heavy atom. The van der Waals surface area contributed by atoms with E-state index >= 15 is 0 Å². The first-order valence-electron chi connectivity index (χ1n) is 6.94. The van der Waals surface area contributed by atoms with Crippen LogP contribution in [0.5, 0.6) is 0 Å². The van der Waals surface area contributed by atoms with Crippen LogP contribution in [0.1, 0.15) is 29.1 Å². The second kappa shape index (κ2) is 5.85. The van der Waals surface area contributed by atoms with Crippen molar-refractivity contribution in [2.24, 2.45) is 0 Å². The van der Waals surface area contributed by atoms with Crippen LogP contribution >= 0.6 is 0 Å². The normalized spacial score (nSPS) is 12.0.